The Morgan fingerprint density at radius 1 is 1.32 bits per heavy atom. The molecule has 2 amide bonds. The van der Waals surface area contributed by atoms with E-state index in [1.54, 1.807) is 7.11 Å². The molecule has 2 atom stereocenters. The summed E-state index contributed by atoms with van der Waals surface area (Å²) in [6, 6.07) is 7.69. The standard InChI is InChI=1S/C20H30N2O3/c1-4-6-15(2)21-19(23)18-7-5-12-22(13-18)20(24)17-10-8-16(9-11-17)14-25-3/h8-11,15,18H,4-7,12-14H2,1-3H3,(H,21,23). The lowest BCUT2D eigenvalue weighted by Crippen LogP contribution is -2.47. The summed E-state index contributed by atoms with van der Waals surface area (Å²) in [6.07, 6.45) is 3.75. The molecule has 1 aromatic carbocycles. The van der Waals surface area contributed by atoms with Gasteiger partial charge in [0.2, 0.25) is 5.91 Å². The van der Waals surface area contributed by atoms with E-state index in [0.717, 1.165) is 31.2 Å². The second kappa shape index (κ2) is 9.56. The van der Waals surface area contributed by atoms with Crippen molar-refractivity contribution < 1.29 is 14.3 Å². The molecule has 0 saturated carbocycles. The number of methoxy groups -OCH3 is 1. The number of carbonyl (C=O) groups excluding carboxylic acids is 2. The molecule has 1 heterocycles. The van der Waals surface area contributed by atoms with Crippen LogP contribution in [0.25, 0.3) is 0 Å². The average Bonchev–Trinajstić information content (AvgIpc) is 2.62. The minimum atomic E-state index is -0.107. The van der Waals surface area contributed by atoms with Crippen LogP contribution in [0.4, 0.5) is 0 Å². The second-order valence-corrected chi connectivity index (χ2v) is 6.92. The predicted octanol–water partition coefficient (Wildman–Crippen LogP) is 2.99. The number of hydrogen-bond acceptors (Lipinski definition) is 3. The van der Waals surface area contributed by atoms with Crippen molar-refractivity contribution in [3.8, 4) is 0 Å². The van der Waals surface area contributed by atoms with Gasteiger partial charge in [0.25, 0.3) is 5.91 Å². The van der Waals surface area contributed by atoms with Crippen molar-refractivity contribution in [3.63, 3.8) is 0 Å². The van der Waals surface area contributed by atoms with Crippen LogP contribution in [0.1, 0.15) is 55.5 Å². The number of likely N-dealkylation sites (tertiary alicyclic amines) is 1. The van der Waals surface area contributed by atoms with E-state index in [9.17, 15) is 9.59 Å². The van der Waals surface area contributed by atoms with E-state index in [4.69, 9.17) is 4.74 Å². The number of nitrogens with zero attached hydrogens (tertiary/aromatic N) is 1. The molecule has 1 saturated heterocycles. The van der Waals surface area contributed by atoms with Crippen molar-refractivity contribution in [1.29, 1.82) is 0 Å². The third kappa shape index (κ3) is 5.56. The fourth-order valence-electron chi connectivity index (χ4n) is 3.33. The number of nitrogens with one attached hydrogen (secondary N) is 1. The van der Waals surface area contributed by atoms with Gasteiger partial charge in [-0.1, -0.05) is 25.5 Å². The Bertz CT molecular complexity index is 571. The molecular formula is C20H30N2O3. The van der Waals surface area contributed by atoms with E-state index in [1.165, 1.54) is 0 Å². The van der Waals surface area contributed by atoms with Gasteiger partial charge in [-0.3, -0.25) is 9.59 Å². The van der Waals surface area contributed by atoms with E-state index >= 15 is 0 Å². The molecule has 1 aliphatic rings. The van der Waals surface area contributed by atoms with Gasteiger partial charge in [0.15, 0.2) is 0 Å². The Morgan fingerprint density at radius 2 is 2.04 bits per heavy atom. The number of benzene rings is 1. The van der Waals surface area contributed by atoms with Gasteiger partial charge in [-0.05, 0) is 43.9 Å². The van der Waals surface area contributed by atoms with Gasteiger partial charge in [-0.15, -0.1) is 0 Å². The third-order valence-corrected chi connectivity index (χ3v) is 4.70. The van der Waals surface area contributed by atoms with Crippen LogP contribution in [0.15, 0.2) is 24.3 Å². The Kier molecular flexibility index (Phi) is 7.44. The molecule has 1 N–H and O–H groups in total. The fraction of sp³-hybridized carbons (Fsp3) is 0.600. The van der Waals surface area contributed by atoms with E-state index in [-0.39, 0.29) is 23.8 Å². The molecule has 0 aromatic heterocycles. The monoisotopic (exact) mass is 346 g/mol. The zero-order valence-electron chi connectivity index (χ0n) is 15.6. The quantitative estimate of drug-likeness (QED) is 0.826. The first-order valence-electron chi connectivity index (χ1n) is 9.22. The average molecular weight is 346 g/mol. The van der Waals surface area contributed by atoms with E-state index in [2.05, 4.69) is 12.2 Å². The van der Waals surface area contributed by atoms with Crippen molar-refractivity contribution in [2.45, 2.75) is 52.2 Å². The second-order valence-electron chi connectivity index (χ2n) is 6.92. The van der Waals surface area contributed by atoms with Crippen LogP contribution in [0.2, 0.25) is 0 Å². The lowest BCUT2D eigenvalue weighted by Gasteiger charge is -2.32. The highest BCUT2D eigenvalue weighted by Gasteiger charge is 2.29. The van der Waals surface area contributed by atoms with Crippen molar-refractivity contribution in [2.24, 2.45) is 5.92 Å². The molecule has 0 bridgehead atoms. The Labute approximate surface area is 150 Å². The third-order valence-electron chi connectivity index (χ3n) is 4.70. The molecule has 5 heteroatoms. The predicted molar refractivity (Wildman–Crippen MR) is 98.3 cm³/mol. The molecule has 2 unspecified atom stereocenters. The lowest BCUT2D eigenvalue weighted by molar-refractivity contribution is -0.127. The van der Waals surface area contributed by atoms with E-state index in [1.807, 2.05) is 36.1 Å². The highest BCUT2D eigenvalue weighted by Crippen LogP contribution is 2.19. The summed E-state index contributed by atoms with van der Waals surface area (Å²) in [5, 5.41) is 3.08. The highest BCUT2D eigenvalue weighted by atomic mass is 16.5. The smallest absolute Gasteiger partial charge is 0.253 e. The Hall–Kier alpha value is -1.88. The molecule has 0 aliphatic carbocycles. The van der Waals surface area contributed by atoms with Crippen molar-refractivity contribution in [3.05, 3.63) is 35.4 Å². The summed E-state index contributed by atoms with van der Waals surface area (Å²) in [7, 11) is 1.65. The van der Waals surface area contributed by atoms with Crippen LogP contribution in [-0.4, -0.2) is 43.0 Å². The summed E-state index contributed by atoms with van der Waals surface area (Å²) in [5.74, 6) is -0.0262. The minimum Gasteiger partial charge on any atom is -0.380 e. The van der Waals surface area contributed by atoms with Crippen LogP contribution >= 0.6 is 0 Å². The van der Waals surface area contributed by atoms with Gasteiger partial charge in [-0.2, -0.15) is 0 Å². The molecule has 5 nitrogen and oxygen atoms in total. The SMILES string of the molecule is CCCC(C)NC(=O)C1CCCN(C(=O)c2ccc(COC)cc2)C1. The van der Waals surface area contributed by atoms with Crippen LogP contribution in [0.5, 0.6) is 0 Å². The van der Waals surface area contributed by atoms with Gasteiger partial charge in [0.1, 0.15) is 0 Å². The summed E-state index contributed by atoms with van der Waals surface area (Å²) in [4.78, 5) is 27.0. The largest absolute Gasteiger partial charge is 0.380 e. The molecule has 1 aliphatic heterocycles. The van der Waals surface area contributed by atoms with Crippen LogP contribution in [0, 0.1) is 5.92 Å². The maximum atomic E-state index is 12.7. The first-order valence-corrected chi connectivity index (χ1v) is 9.22. The van der Waals surface area contributed by atoms with Crippen LogP contribution in [-0.2, 0) is 16.1 Å². The summed E-state index contributed by atoms with van der Waals surface area (Å²) in [6.45, 7) is 5.91. The highest BCUT2D eigenvalue weighted by molar-refractivity contribution is 5.94. The van der Waals surface area contributed by atoms with E-state index < -0.39 is 0 Å². The molecule has 0 radical (unpaired) electrons. The van der Waals surface area contributed by atoms with E-state index in [0.29, 0.717) is 25.3 Å². The number of piperidine rings is 1. The number of ether oxygens (including phenoxy) is 1. The first-order chi connectivity index (χ1) is 12.0. The minimum absolute atomic E-state index is 0.00285. The zero-order chi connectivity index (χ0) is 18.2. The summed E-state index contributed by atoms with van der Waals surface area (Å²) < 4.78 is 5.09. The molecule has 2 rings (SSSR count). The maximum Gasteiger partial charge on any atom is 0.253 e. The first kappa shape index (κ1) is 19.4. The van der Waals surface area contributed by atoms with Crippen molar-refractivity contribution >= 4 is 11.8 Å². The van der Waals surface area contributed by atoms with Gasteiger partial charge >= 0.3 is 0 Å². The lowest BCUT2D eigenvalue weighted by atomic mass is 9.96. The summed E-state index contributed by atoms with van der Waals surface area (Å²) in [5.41, 5.74) is 1.71. The van der Waals surface area contributed by atoms with Crippen molar-refractivity contribution in [2.75, 3.05) is 20.2 Å². The normalized spacial score (nSPS) is 18.7. The molecule has 1 aromatic rings. The number of hydrogen-bond donors (Lipinski definition) is 1. The molecule has 0 spiro atoms. The topological polar surface area (TPSA) is 58.6 Å². The van der Waals surface area contributed by atoms with Crippen LogP contribution in [0.3, 0.4) is 0 Å². The van der Waals surface area contributed by atoms with Gasteiger partial charge < -0.3 is 15.0 Å². The van der Waals surface area contributed by atoms with Gasteiger partial charge in [-0.25, -0.2) is 0 Å². The fourth-order valence-corrected chi connectivity index (χ4v) is 3.33. The van der Waals surface area contributed by atoms with Gasteiger partial charge in [0.05, 0.1) is 12.5 Å². The summed E-state index contributed by atoms with van der Waals surface area (Å²) >= 11 is 0. The molecule has 1 fully saturated rings. The molecule has 138 valence electrons. The Balaban J connectivity index is 1.95. The maximum absolute atomic E-state index is 12.7. The molecular weight excluding hydrogens is 316 g/mol. The molecule has 25 heavy (non-hydrogen) atoms. The van der Waals surface area contributed by atoms with Gasteiger partial charge in [0, 0.05) is 31.8 Å². The Morgan fingerprint density at radius 3 is 2.68 bits per heavy atom. The number of amides is 2. The van der Waals surface area contributed by atoms with Crippen LogP contribution < -0.4 is 5.32 Å². The number of carbonyl (C=O) groups is 2. The van der Waals surface area contributed by atoms with Crippen molar-refractivity contribution in [1.82, 2.24) is 10.2 Å². The zero-order valence-corrected chi connectivity index (χ0v) is 15.6. The number of rotatable bonds is 7.